The Morgan fingerprint density at radius 2 is 2.40 bits per heavy atom. The van der Waals surface area contributed by atoms with Gasteiger partial charge in [-0.1, -0.05) is 11.5 Å². The molecule has 0 saturated carbocycles. The molecular weight excluding hydrogens is 124 g/mol. The van der Waals surface area contributed by atoms with Crippen LogP contribution < -0.4 is 0 Å². The van der Waals surface area contributed by atoms with E-state index >= 15 is 0 Å². The first kappa shape index (κ1) is 7.08. The van der Waals surface area contributed by atoms with Crippen molar-refractivity contribution in [1.29, 1.82) is 0 Å². The molecule has 0 saturated heterocycles. The molecule has 1 heteroatoms. The van der Waals surface area contributed by atoms with E-state index in [0.717, 1.165) is 12.8 Å². The first-order valence-corrected chi connectivity index (χ1v) is 3.45. The minimum atomic E-state index is 0.257. The second-order valence-electron chi connectivity index (χ2n) is 2.37. The first-order chi connectivity index (χ1) is 4.83. The number of ketones is 1. The molecule has 0 aromatic heterocycles. The molecule has 1 aliphatic rings. The molecule has 52 valence electrons. The second kappa shape index (κ2) is 3.22. The maximum Gasteiger partial charge on any atom is 0.155 e. The monoisotopic (exact) mass is 134 g/mol. The summed E-state index contributed by atoms with van der Waals surface area (Å²) in [4.78, 5) is 10.7. The molecule has 10 heavy (non-hydrogen) atoms. The lowest BCUT2D eigenvalue weighted by atomic mass is 10.2. The fourth-order valence-corrected chi connectivity index (χ4v) is 0.997. The summed E-state index contributed by atoms with van der Waals surface area (Å²) in [6.45, 7) is 1.82. The molecule has 1 aliphatic carbocycles. The minimum absolute atomic E-state index is 0.257. The molecular formula is C9H10O. The van der Waals surface area contributed by atoms with Gasteiger partial charge in [0.25, 0.3) is 0 Å². The number of hydrogen-bond acceptors (Lipinski definition) is 1. The zero-order valence-electron chi connectivity index (χ0n) is 6.11. The standard InChI is InChI=1S/C9H10O/c1-2-3-4-8-5-6-9(10)7-8/h7H,4-6H2,1H3. The van der Waals surface area contributed by atoms with E-state index in [4.69, 9.17) is 0 Å². The number of hydrogen-bond donors (Lipinski definition) is 0. The quantitative estimate of drug-likeness (QED) is 0.499. The van der Waals surface area contributed by atoms with Crippen LogP contribution in [0.25, 0.3) is 0 Å². The van der Waals surface area contributed by atoms with Crippen molar-refractivity contribution in [1.82, 2.24) is 0 Å². The molecule has 0 aliphatic heterocycles. The lowest BCUT2D eigenvalue weighted by Gasteiger charge is -1.88. The van der Waals surface area contributed by atoms with Crippen LogP contribution >= 0.6 is 0 Å². The van der Waals surface area contributed by atoms with Gasteiger partial charge in [-0.15, -0.1) is 5.92 Å². The summed E-state index contributed by atoms with van der Waals surface area (Å²) in [6.07, 6.45) is 4.13. The predicted molar refractivity (Wildman–Crippen MR) is 40.4 cm³/mol. The van der Waals surface area contributed by atoms with E-state index in [2.05, 4.69) is 11.8 Å². The molecule has 0 fully saturated rings. The molecule has 0 radical (unpaired) electrons. The molecule has 0 atom stereocenters. The van der Waals surface area contributed by atoms with Gasteiger partial charge in [0, 0.05) is 12.8 Å². The zero-order chi connectivity index (χ0) is 7.40. The van der Waals surface area contributed by atoms with E-state index in [-0.39, 0.29) is 5.78 Å². The van der Waals surface area contributed by atoms with Crippen LogP contribution in [0, 0.1) is 11.8 Å². The van der Waals surface area contributed by atoms with Crippen molar-refractivity contribution in [3.8, 4) is 11.8 Å². The smallest absolute Gasteiger partial charge is 0.155 e. The molecule has 0 bridgehead atoms. The molecule has 1 nitrogen and oxygen atoms in total. The van der Waals surface area contributed by atoms with Crippen LogP contribution in [0.1, 0.15) is 26.2 Å². The Morgan fingerprint density at radius 1 is 1.60 bits per heavy atom. The molecule has 1 rings (SSSR count). The fourth-order valence-electron chi connectivity index (χ4n) is 0.997. The third-order valence-electron chi connectivity index (χ3n) is 1.55. The summed E-state index contributed by atoms with van der Waals surface area (Å²) < 4.78 is 0. The van der Waals surface area contributed by atoms with Gasteiger partial charge in [-0.3, -0.25) is 4.79 Å². The molecule has 0 N–H and O–H groups in total. The molecule has 0 amide bonds. The highest BCUT2D eigenvalue weighted by Gasteiger charge is 2.09. The van der Waals surface area contributed by atoms with Gasteiger partial charge in [-0.05, 0) is 19.4 Å². The van der Waals surface area contributed by atoms with Crippen molar-refractivity contribution >= 4 is 5.78 Å². The van der Waals surface area contributed by atoms with E-state index in [1.165, 1.54) is 5.57 Å². The van der Waals surface area contributed by atoms with E-state index < -0.39 is 0 Å². The van der Waals surface area contributed by atoms with Crippen molar-refractivity contribution in [2.45, 2.75) is 26.2 Å². The summed E-state index contributed by atoms with van der Waals surface area (Å²) in [6, 6.07) is 0. The normalized spacial score (nSPS) is 16.1. The topological polar surface area (TPSA) is 17.1 Å². The van der Waals surface area contributed by atoms with Gasteiger partial charge >= 0.3 is 0 Å². The molecule has 0 unspecified atom stereocenters. The SMILES string of the molecule is CC#CCC1=CC(=O)CC1. The maximum absolute atomic E-state index is 10.7. The van der Waals surface area contributed by atoms with Gasteiger partial charge in [0.1, 0.15) is 0 Å². The Bertz CT molecular complexity index is 225. The maximum atomic E-state index is 10.7. The van der Waals surface area contributed by atoms with E-state index in [1.54, 1.807) is 6.08 Å². The van der Waals surface area contributed by atoms with E-state index in [9.17, 15) is 4.79 Å². The Labute approximate surface area is 61.1 Å². The van der Waals surface area contributed by atoms with Crippen molar-refractivity contribution < 1.29 is 4.79 Å². The second-order valence-corrected chi connectivity index (χ2v) is 2.37. The van der Waals surface area contributed by atoms with Crippen LogP contribution in [0.2, 0.25) is 0 Å². The van der Waals surface area contributed by atoms with E-state index in [0.29, 0.717) is 6.42 Å². The predicted octanol–water partition coefficient (Wildman–Crippen LogP) is 1.69. The minimum Gasteiger partial charge on any atom is -0.295 e. The molecule has 0 aromatic carbocycles. The van der Waals surface area contributed by atoms with E-state index in [1.807, 2.05) is 6.92 Å². The number of carbonyl (C=O) groups excluding carboxylic acids is 1. The molecule has 0 aromatic rings. The third kappa shape index (κ3) is 1.73. The third-order valence-corrected chi connectivity index (χ3v) is 1.55. The van der Waals surface area contributed by atoms with Gasteiger partial charge in [0.2, 0.25) is 0 Å². The lowest BCUT2D eigenvalue weighted by Crippen LogP contribution is -1.80. The highest BCUT2D eigenvalue weighted by Crippen LogP contribution is 2.16. The highest BCUT2D eigenvalue weighted by atomic mass is 16.1. The Kier molecular flexibility index (Phi) is 2.28. The number of carbonyl (C=O) groups is 1. The van der Waals surface area contributed by atoms with Crippen LogP contribution in [0.5, 0.6) is 0 Å². The van der Waals surface area contributed by atoms with Crippen LogP contribution in [-0.4, -0.2) is 5.78 Å². The fraction of sp³-hybridized carbons (Fsp3) is 0.444. The van der Waals surface area contributed by atoms with Gasteiger partial charge in [0.05, 0.1) is 0 Å². The van der Waals surface area contributed by atoms with Crippen molar-refractivity contribution in [3.05, 3.63) is 11.6 Å². The Hall–Kier alpha value is -1.03. The Balaban J connectivity index is 2.48. The van der Waals surface area contributed by atoms with Crippen LogP contribution in [-0.2, 0) is 4.79 Å². The summed E-state index contributed by atoms with van der Waals surface area (Å²) in [5.41, 5.74) is 1.19. The van der Waals surface area contributed by atoms with Crippen molar-refractivity contribution in [2.24, 2.45) is 0 Å². The van der Waals surface area contributed by atoms with Crippen LogP contribution in [0.3, 0.4) is 0 Å². The van der Waals surface area contributed by atoms with Crippen molar-refractivity contribution in [2.75, 3.05) is 0 Å². The number of allylic oxidation sites excluding steroid dienone is 2. The lowest BCUT2D eigenvalue weighted by molar-refractivity contribution is -0.114. The Morgan fingerprint density at radius 3 is 2.90 bits per heavy atom. The average Bonchev–Trinajstić information content (AvgIpc) is 2.31. The average molecular weight is 134 g/mol. The van der Waals surface area contributed by atoms with Crippen LogP contribution in [0.15, 0.2) is 11.6 Å². The summed E-state index contributed by atoms with van der Waals surface area (Å²) in [5.74, 6) is 6.00. The first-order valence-electron chi connectivity index (χ1n) is 3.45. The van der Waals surface area contributed by atoms with Gasteiger partial charge in [-0.25, -0.2) is 0 Å². The zero-order valence-corrected chi connectivity index (χ0v) is 6.11. The summed E-state index contributed by atoms with van der Waals surface area (Å²) in [7, 11) is 0. The van der Waals surface area contributed by atoms with Gasteiger partial charge in [-0.2, -0.15) is 0 Å². The molecule has 0 heterocycles. The van der Waals surface area contributed by atoms with Crippen LogP contribution in [0.4, 0.5) is 0 Å². The summed E-state index contributed by atoms with van der Waals surface area (Å²) in [5, 5.41) is 0. The largest absolute Gasteiger partial charge is 0.295 e. The number of rotatable bonds is 1. The van der Waals surface area contributed by atoms with Gasteiger partial charge < -0.3 is 0 Å². The highest BCUT2D eigenvalue weighted by molar-refractivity contribution is 5.93. The summed E-state index contributed by atoms with van der Waals surface area (Å²) >= 11 is 0. The molecule has 0 spiro atoms. The van der Waals surface area contributed by atoms with Gasteiger partial charge in [0.15, 0.2) is 5.78 Å². The van der Waals surface area contributed by atoms with Crippen molar-refractivity contribution in [3.63, 3.8) is 0 Å².